The lowest BCUT2D eigenvalue weighted by Crippen LogP contribution is -2.23. The lowest BCUT2D eigenvalue weighted by molar-refractivity contribution is 0.203. The topological polar surface area (TPSA) is 45.5 Å². The molecule has 1 aromatic carbocycles. The predicted octanol–water partition coefficient (Wildman–Crippen LogP) is 2.29. The molecule has 2 aromatic rings. The highest BCUT2D eigenvalue weighted by Crippen LogP contribution is 2.21. The smallest absolute Gasteiger partial charge is 0.411 e. The van der Waals surface area contributed by atoms with E-state index in [9.17, 15) is 4.79 Å². The summed E-state index contributed by atoms with van der Waals surface area (Å²) in [4.78, 5) is 12.0. The van der Waals surface area contributed by atoms with E-state index in [2.05, 4.69) is 0 Å². The molecule has 15 heavy (non-hydrogen) atoms. The first-order valence-electron chi connectivity index (χ1n) is 4.61. The van der Waals surface area contributed by atoms with E-state index in [0.717, 1.165) is 10.9 Å². The minimum absolute atomic E-state index is 0.678. The molecule has 0 atom stereocenters. The van der Waals surface area contributed by atoms with Gasteiger partial charge in [0.05, 0.1) is 0 Å². The van der Waals surface area contributed by atoms with Gasteiger partial charge in [-0.05, 0) is 23.6 Å². The molecule has 0 unspecified atom stereocenters. The van der Waals surface area contributed by atoms with Gasteiger partial charge in [-0.15, -0.1) is 0 Å². The number of hydrogen-bond donors (Lipinski definition) is 1. The third kappa shape index (κ3) is 1.54. The van der Waals surface area contributed by atoms with Crippen LogP contribution in [0.15, 0.2) is 30.5 Å². The van der Waals surface area contributed by atoms with Crippen molar-refractivity contribution in [2.24, 2.45) is 7.05 Å². The van der Waals surface area contributed by atoms with Crippen molar-refractivity contribution in [2.75, 3.05) is 11.9 Å². The van der Waals surface area contributed by atoms with Gasteiger partial charge in [-0.25, -0.2) is 4.79 Å². The maximum Gasteiger partial charge on any atom is 0.411 e. The van der Waals surface area contributed by atoms with Crippen LogP contribution in [-0.4, -0.2) is 22.8 Å². The molecule has 0 aliphatic rings. The Morgan fingerprint density at radius 3 is 2.80 bits per heavy atom. The van der Waals surface area contributed by atoms with Gasteiger partial charge in [0.1, 0.15) is 0 Å². The summed E-state index contributed by atoms with van der Waals surface area (Å²) in [5, 5.41) is 9.96. The van der Waals surface area contributed by atoms with E-state index in [0.29, 0.717) is 5.69 Å². The first-order chi connectivity index (χ1) is 7.09. The van der Waals surface area contributed by atoms with Crippen molar-refractivity contribution < 1.29 is 9.90 Å². The highest BCUT2D eigenvalue weighted by Gasteiger charge is 2.09. The van der Waals surface area contributed by atoms with Crippen LogP contribution in [0.2, 0.25) is 0 Å². The molecule has 0 bridgehead atoms. The molecule has 0 aliphatic heterocycles. The van der Waals surface area contributed by atoms with Gasteiger partial charge in [0.2, 0.25) is 0 Å². The van der Waals surface area contributed by atoms with Crippen LogP contribution in [0.4, 0.5) is 10.5 Å². The second kappa shape index (κ2) is 3.31. The number of benzene rings is 1. The van der Waals surface area contributed by atoms with Crippen molar-refractivity contribution in [3.05, 3.63) is 30.5 Å². The Labute approximate surface area is 87.3 Å². The number of carboxylic acid groups (broad SMARTS) is 1. The molecule has 4 heteroatoms. The fraction of sp³-hybridized carbons (Fsp3) is 0.182. The Morgan fingerprint density at radius 1 is 1.40 bits per heavy atom. The molecule has 0 radical (unpaired) electrons. The number of carbonyl (C=O) groups is 1. The number of hydrogen-bond acceptors (Lipinski definition) is 1. The molecule has 1 heterocycles. The number of amides is 1. The number of fused-ring (bicyclic) bond motifs is 1. The Morgan fingerprint density at radius 2 is 2.13 bits per heavy atom. The summed E-state index contributed by atoms with van der Waals surface area (Å²) in [5.74, 6) is 0. The third-order valence-electron chi connectivity index (χ3n) is 2.55. The summed E-state index contributed by atoms with van der Waals surface area (Å²) >= 11 is 0. The lowest BCUT2D eigenvalue weighted by Gasteiger charge is -2.13. The van der Waals surface area contributed by atoms with Gasteiger partial charge in [-0.2, -0.15) is 0 Å². The Bertz CT molecular complexity index is 516. The fourth-order valence-electron chi connectivity index (χ4n) is 1.57. The van der Waals surface area contributed by atoms with Gasteiger partial charge < -0.3 is 9.67 Å². The van der Waals surface area contributed by atoms with Crippen molar-refractivity contribution in [2.45, 2.75) is 0 Å². The van der Waals surface area contributed by atoms with E-state index in [1.807, 2.05) is 36.0 Å². The second-order valence-corrected chi connectivity index (χ2v) is 3.51. The van der Waals surface area contributed by atoms with E-state index in [-0.39, 0.29) is 0 Å². The molecule has 1 amide bonds. The molecule has 0 saturated heterocycles. The average Bonchev–Trinajstić information content (AvgIpc) is 2.59. The average molecular weight is 204 g/mol. The molecule has 0 saturated carbocycles. The zero-order valence-corrected chi connectivity index (χ0v) is 8.64. The zero-order chi connectivity index (χ0) is 11.0. The normalized spacial score (nSPS) is 10.5. The van der Waals surface area contributed by atoms with Crippen LogP contribution in [-0.2, 0) is 7.05 Å². The maximum atomic E-state index is 10.8. The van der Waals surface area contributed by atoms with Crippen LogP contribution in [0.25, 0.3) is 10.9 Å². The number of anilines is 1. The number of aromatic nitrogens is 1. The standard InChI is InChI=1S/C11H12N2O2/c1-12-6-5-8-3-4-9(7-10(8)12)13(2)11(14)15/h3-7H,1-2H3,(H,14,15). The van der Waals surface area contributed by atoms with Crippen molar-refractivity contribution >= 4 is 22.7 Å². The molecule has 4 nitrogen and oxygen atoms in total. The van der Waals surface area contributed by atoms with E-state index in [1.54, 1.807) is 6.07 Å². The lowest BCUT2D eigenvalue weighted by atomic mass is 10.2. The number of nitrogens with zero attached hydrogens (tertiary/aromatic N) is 2. The summed E-state index contributed by atoms with van der Waals surface area (Å²) in [6, 6.07) is 7.59. The van der Waals surface area contributed by atoms with E-state index in [1.165, 1.54) is 11.9 Å². The zero-order valence-electron chi connectivity index (χ0n) is 8.64. The Balaban J connectivity index is 2.54. The number of aryl methyl sites for hydroxylation is 1. The molecule has 0 spiro atoms. The molecule has 1 N–H and O–H groups in total. The largest absolute Gasteiger partial charge is 0.465 e. The monoisotopic (exact) mass is 204 g/mol. The SMILES string of the molecule is CN(C(=O)O)c1ccc2ccn(C)c2c1. The van der Waals surface area contributed by atoms with Gasteiger partial charge >= 0.3 is 6.09 Å². The van der Waals surface area contributed by atoms with E-state index >= 15 is 0 Å². The summed E-state index contributed by atoms with van der Waals surface area (Å²) in [5.41, 5.74) is 1.71. The summed E-state index contributed by atoms with van der Waals surface area (Å²) in [7, 11) is 3.47. The van der Waals surface area contributed by atoms with Gasteiger partial charge in [-0.3, -0.25) is 4.90 Å². The summed E-state index contributed by atoms with van der Waals surface area (Å²) in [6.07, 6.45) is 0.999. The summed E-state index contributed by atoms with van der Waals surface area (Å²) in [6.45, 7) is 0. The van der Waals surface area contributed by atoms with Crippen LogP contribution in [0, 0.1) is 0 Å². The van der Waals surface area contributed by atoms with Crippen molar-refractivity contribution in [3.8, 4) is 0 Å². The third-order valence-corrected chi connectivity index (χ3v) is 2.55. The van der Waals surface area contributed by atoms with Crippen LogP contribution in [0.3, 0.4) is 0 Å². The Kier molecular flexibility index (Phi) is 2.11. The van der Waals surface area contributed by atoms with Crippen LogP contribution < -0.4 is 4.90 Å². The molecular weight excluding hydrogens is 192 g/mol. The van der Waals surface area contributed by atoms with Gasteiger partial charge in [0.15, 0.2) is 0 Å². The fourth-order valence-corrected chi connectivity index (χ4v) is 1.57. The van der Waals surface area contributed by atoms with Crippen molar-refractivity contribution in [1.82, 2.24) is 4.57 Å². The quantitative estimate of drug-likeness (QED) is 0.774. The molecule has 0 fully saturated rings. The van der Waals surface area contributed by atoms with Gasteiger partial charge in [0.25, 0.3) is 0 Å². The number of rotatable bonds is 1. The van der Waals surface area contributed by atoms with E-state index < -0.39 is 6.09 Å². The molecule has 78 valence electrons. The van der Waals surface area contributed by atoms with Gasteiger partial charge in [-0.1, -0.05) is 6.07 Å². The van der Waals surface area contributed by atoms with Crippen LogP contribution >= 0.6 is 0 Å². The first kappa shape index (κ1) is 9.58. The predicted molar refractivity (Wildman–Crippen MR) is 59.3 cm³/mol. The maximum absolute atomic E-state index is 10.8. The second-order valence-electron chi connectivity index (χ2n) is 3.51. The van der Waals surface area contributed by atoms with Crippen molar-refractivity contribution in [1.29, 1.82) is 0 Å². The minimum atomic E-state index is -0.955. The molecule has 0 aliphatic carbocycles. The summed E-state index contributed by atoms with van der Waals surface area (Å²) < 4.78 is 1.97. The molecular formula is C11H12N2O2. The molecule has 1 aromatic heterocycles. The van der Waals surface area contributed by atoms with Gasteiger partial charge in [0, 0.05) is 31.5 Å². The highest BCUT2D eigenvalue weighted by atomic mass is 16.4. The first-order valence-corrected chi connectivity index (χ1v) is 4.61. The van der Waals surface area contributed by atoms with Crippen LogP contribution in [0.5, 0.6) is 0 Å². The van der Waals surface area contributed by atoms with Crippen molar-refractivity contribution in [3.63, 3.8) is 0 Å². The highest BCUT2D eigenvalue weighted by molar-refractivity contribution is 5.90. The van der Waals surface area contributed by atoms with E-state index in [4.69, 9.17) is 5.11 Å². The Hall–Kier alpha value is -1.97. The minimum Gasteiger partial charge on any atom is -0.465 e. The molecule has 2 rings (SSSR count). The van der Waals surface area contributed by atoms with Crippen LogP contribution in [0.1, 0.15) is 0 Å².